The molecule has 0 spiro atoms. The Balaban J connectivity index is 2.94. The van der Waals surface area contributed by atoms with Gasteiger partial charge in [0.1, 0.15) is 0 Å². The van der Waals surface area contributed by atoms with Crippen LogP contribution in [0.5, 0.6) is 0 Å². The van der Waals surface area contributed by atoms with Crippen LogP contribution in [-0.4, -0.2) is 26.2 Å². The van der Waals surface area contributed by atoms with E-state index in [0.717, 1.165) is 11.8 Å². The van der Waals surface area contributed by atoms with Crippen LogP contribution in [0, 0.1) is 17.0 Å². The van der Waals surface area contributed by atoms with Gasteiger partial charge in [-0.2, -0.15) is 0 Å². The number of aliphatic carboxylic acids is 1. The van der Waals surface area contributed by atoms with Crippen LogP contribution in [0.4, 0.5) is 5.69 Å². The van der Waals surface area contributed by atoms with Gasteiger partial charge in [0, 0.05) is 17.0 Å². The molecule has 17 heavy (non-hydrogen) atoms. The Hall–Kier alpha value is -1.63. The van der Waals surface area contributed by atoms with E-state index in [1.165, 1.54) is 6.20 Å². The van der Waals surface area contributed by atoms with E-state index in [9.17, 15) is 14.9 Å². The quantitative estimate of drug-likeness (QED) is 0.493. The number of hydrogen-bond donors (Lipinski definition) is 1. The Morgan fingerprint density at radius 3 is 2.88 bits per heavy atom. The van der Waals surface area contributed by atoms with Crippen molar-refractivity contribution in [3.63, 3.8) is 0 Å². The molecule has 1 aromatic heterocycles. The molecule has 7 heteroatoms. The molecule has 6 nitrogen and oxygen atoms in total. The summed E-state index contributed by atoms with van der Waals surface area (Å²) < 4.78 is 0. The van der Waals surface area contributed by atoms with Crippen molar-refractivity contribution in [1.82, 2.24) is 4.98 Å². The molecule has 0 radical (unpaired) electrons. The third-order valence-corrected chi connectivity index (χ3v) is 3.14. The molecule has 1 rings (SSSR count). The van der Waals surface area contributed by atoms with E-state index in [1.54, 1.807) is 19.9 Å². The number of aromatic nitrogens is 1. The van der Waals surface area contributed by atoms with Crippen LogP contribution in [0.3, 0.4) is 0 Å². The van der Waals surface area contributed by atoms with E-state index in [0.29, 0.717) is 5.56 Å². The van der Waals surface area contributed by atoms with Crippen LogP contribution < -0.4 is 0 Å². The second kappa shape index (κ2) is 5.62. The van der Waals surface area contributed by atoms with Crippen molar-refractivity contribution in [2.24, 2.45) is 0 Å². The lowest BCUT2D eigenvalue weighted by molar-refractivity contribution is -0.388. The van der Waals surface area contributed by atoms with Crippen LogP contribution in [0.25, 0.3) is 0 Å². The second-order valence-electron chi connectivity index (χ2n) is 3.57. The van der Waals surface area contributed by atoms with E-state index in [1.807, 2.05) is 0 Å². The van der Waals surface area contributed by atoms with Crippen molar-refractivity contribution in [2.75, 3.05) is 0 Å². The smallest absolute Gasteiger partial charge is 0.304 e. The first-order valence-electron chi connectivity index (χ1n) is 4.90. The van der Waals surface area contributed by atoms with Gasteiger partial charge in [-0.25, -0.2) is 4.98 Å². The summed E-state index contributed by atoms with van der Waals surface area (Å²) in [5.74, 6) is -0.930. The fourth-order valence-corrected chi connectivity index (χ4v) is 2.39. The van der Waals surface area contributed by atoms with Crippen LogP contribution in [0.2, 0.25) is 0 Å². The van der Waals surface area contributed by atoms with Gasteiger partial charge in [0.05, 0.1) is 11.3 Å². The number of pyridine rings is 1. The average molecular weight is 256 g/mol. The number of rotatable bonds is 5. The zero-order valence-electron chi connectivity index (χ0n) is 9.41. The summed E-state index contributed by atoms with van der Waals surface area (Å²) in [5.41, 5.74) is 0.477. The highest BCUT2D eigenvalue weighted by molar-refractivity contribution is 8.00. The van der Waals surface area contributed by atoms with Crippen molar-refractivity contribution < 1.29 is 14.8 Å². The largest absolute Gasteiger partial charge is 0.481 e. The lowest BCUT2D eigenvalue weighted by Crippen LogP contribution is -2.07. The van der Waals surface area contributed by atoms with Crippen LogP contribution in [-0.2, 0) is 4.79 Å². The Kier molecular flexibility index (Phi) is 4.45. The summed E-state index contributed by atoms with van der Waals surface area (Å²) >= 11 is 1.11. The van der Waals surface area contributed by atoms with E-state index >= 15 is 0 Å². The molecule has 0 saturated heterocycles. The standard InChI is InChI=1S/C10H12N2O4S/c1-6-3-4-11-10(9(6)12(15)16)17-7(2)5-8(13)14/h3-4,7H,5H2,1-2H3,(H,13,14). The van der Waals surface area contributed by atoms with Crippen molar-refractivity contribution >= 4 is 23.4 Å². The highest BCUT2D eigenvalue weighted by Crippen LogP contribution is 2.33. The van der Waals surface area contributed by atoms with Crippen molar-refractivity contribution in [2.45, 2.75) is 30.5 Å². The number of nitro groups is 1. The Morgan fingerprint density at radius 2 is 2.35 bits per heavy atom. The molecule has 0 saturated carbocycles. The fourth-order valence-electron chi connectivity index (χ4n) is 1.31. The number of hydrogen-bond acceptors (Lipinski definition) is 5. The van der Waals surface area contributed by atoms with Gasteiger partial charge >= 0.3 is 11.7 Å². The molecule has 0 bridgehead atoms. The lowest BCUT2D eigenvalue weighted by atomic mass is 10.3. The molecule has 0 aliphatic carbocycles. The summed E-state index contributed by atoms with van der Waals surface area (Å²) in [6, 6.07) is 1.56. The molecule has 0 fully saturated rings. The zero-order valence-corrected chi connectivity index (χ0v) is 10.2. The maximum atomic E-state index is 10.9. The van der Waals surface area contributed by atoms with Gasteiger partial charge in [-0.3, -0.25) is 14.9 Å². The molecular formula is C10H12N2O4S. The Bertz CT molecular complexity index is 450. The molecule has 1 aromatic rings. The van der Waals surface area contributed by atoms with Gasteiger partial charge in [0.2, 0.25) is 0 Å². The highest BCUT2D eigenvalue weighted by Gasteiger charge is 2.21. The maximum Gasteiger partial charge on any atom is 0.304 e. The molecule has 0 aliphatic heterocycles. The molecule has 92 valence electrons. The normalized spacial score (nSPS) is 12.1. The summed E-state index contributed by atoms with van der Waals surface area (Å²) in [6.07, 6.45) is 1.43. The maximum absolute atomic E-state index is 10.9. The first-order chi connectivity index (χ1) is 7.91. The van der Waals surface area contributed by atoms with E-state index in [2.05, 4.69) is 4.98 Å². The summed E-state index contributed by atoms with van der Waals surface area (Å²) in [4.78, 5) is 24.8. The number of carboxylic acid groups (broad SMARTS) is 1. The number of nitrogens with zero attached hydrogens (tertiary/aromatic N) is 2. The van der Waals surface area contributed by atoms with Gasteiger partial charge in [0.15, 0.2) is 5.03 Å². The molecule has 1 heterocycles. The van der Waals surface area contributed by atoms with Crippen LogP contribution in [0.15, 0.2) is 17.3 Å². The molecule has 1 atom stereocenters. The minimum Gasteiger partial charge on any atom is -0.481 e. The van der Waals surface area contributed by atoms with Gasteiger partial charge in [0.25, 0.3) is 0 Å². The first kappa shape index (κ1) is 13.4. The lowest BCUT2D eigenvalue weighted by Gasteiger charge is -2.08. The van der Waals surface area contributed by atoms with E-state index < -0.39 is 10.9 Å². The Labute approximate surface area is 102 Å². The number of carboxylic acids is 1. The highest BCUT2D eigenvalue weighted by atomic mass is 32.2. The van der Waals surface area contributed by atoms with Crippen molar-refractivity contribution in [3.8, 4) is 0 Å². The molecule has 0 aliphatic rings. The van der Waals surface area contributed by atoms with Gasteiger partial charge in [-0.1, -0.05) is 18.7 Å². The zero-order chi connectivity index (χ0) is 13.0. The predicted molar refractivity (Wildman–Crippen MR) is 63.2 cm³/mol. The monoisotopic (exact) mass is 256 g/mol. The predicted octanol–water partition coefficient (Wildman–Crippen LogP) is 2.25. The van der Waals surface area contributed by atoms with Crippen molar-refractivity contribution in [3.05, 3.63) is 27.9 Å². The summed E-state index contributed by atoms with van der Waals surface area (Å²) in [6.45, 7) is 3.33. The van der Waals surface area contributed by atoms with Gasteiger partial charge in [-0.05, 0) is 13.0 Å². The molecular weight excluding hydrogens is 244 g/mol. The van der Waals surface area contributed by atoms with E-state index in [-0.39, 0.29) is 22.4 Å². The minimum absolute atomic E-state index is 0.0465. The third-order valence-electron chi connectivity index (χ3n) is 2.05. The average Bonchev–Trinajstić information content (AvgIpc) is 2.15. The Morgan fingerprint density at radius 1 is 1.71 bits per heavy atom. The third kappa shape index (κ3) is 3.70. The SMILES string of the molecule is Cc1ccnc(SC(C)CC(=O)O)c1[N+](=O)[O-]. The molecule has 0 aromatic carbocycles. The number of thioether (sulfide) groups is 1. The molecule has 0 amide bonds. The van der Waals surface area contributed by atoms with Crippen LogP contribution in [0.1, 0.15) is 18.9 Å². The summed E-state index contributed by atoms with van der Waals surface area (Å²) in [7, 11) is 0. The van der Waals surface area contributed by atoms with Gasteiger partial charge in [-0.15, -0.1) is 0 Å². The topological polar surface area (TPSA) is 93.3 Å². The molecule has 1 N–H and O–H groups in total. The second-order valence-corrected chi connectivity index (χ2v) is 4.99. The minimum atomic E-state index is -0.930. The van der Waals surface area contributed by atoms with E-state index in [4.69, 9.17) is 5.11 Å². The molecule has 1 unspecified atom stereocenters. The van der Waals surface area contributed by atoms with Crippen molar-refractivity contribution in [1.29, 1.82) is 0 Å². The number of carbonyl (C=O) groups is 1. The van der Waals surface area contributed by atoms with Crippen LogP contribution >= 0.6 is 11.8 Å². The first-order valence-corrected chi connectivity index (χ1v) is 5.78. The fraction of sp³-hybridized carbons (Fsp3) is 0.400. The summed E-state index contributed by atoms with van der Waals surface area (Å²) in [5, 5.41) is 19.5. The van der Waals surface area contributed by atoms with Gasteiger partial charge < -0.3 is 5.11 Å². The number of aryl methyl sites for hydroxylation is 1.